The van der Waals surface area contributed by atoms with Crippen LogP contribution >= 0.6 is 24.0 Å². The van der Waals surface area contributed by atoms with Gasteiger partial charge in [0, 0.05) is 13.1 Å². The van der Waals surface area contributed by atoms with Crippen LogP contribution in [0.3, 0.4) is 0 Å². The number of hydrogen-bond donors (Lipinski definition) is 3. The fourth-order valence-electron chi connectivity index (χ4n) is 1.28. The molecule has 0 atom stereocenters. The zero-order valence-corrected chi connectivity index (χ0v) is 14.9. The fourth-order valence-corrected chi connectivity index (χ4v) is 1.28. The van der Waals surface area contributed by atoms with Crippen LogP contribution in [0.1, 0.15) is 47.0 Å². The van der Waals surface area contributed by atoms with Crippen molar-refractivity contribution in [1.29, 1.82) is 0 Å². The average Bonchev–Trinajstić information content (AvgIpc) is 2.31. The number of rotatable bonds is 8. The van der Waals surface area contributed by atoms with E-state index in [-0.39, 0.29) is 29.9 Å². The van der Waals surface area contributed by atoms with Crippen LogP contribution in [0, 0.1) is 5.41 Å². The predicted molar refractivity (Wildman–Crippen MR) is 91.9 cm³/mol. The van der Waals surface area contributed by atoms with Gasteiger partial charge in [0.1, 0.15) is 0 Å². The van der Waals surface area contributed by atoms with E-state index < -0.39 is 5.41 Å². The van der Waals surface area contributed by atoms with Crippen molar-refractivity contribution in [3.8, 4) is 0 Å². The van der Waals surface area contributed by atoms with Gasteiger partial charge in [-0.15, -0.1) is 24.0 Å². The van der Waals surface area contributed by atoms with Crippen LogP contribution in [-0.4, -0.2) is 31.5 Å². The lowest BCUT2D eigenvalue weighted by atomic mass is 9.93. The van der Waals surface area contributed by atoms with Gasteiger partial charge in [0.25, 0.3) is 0 Å². The third-order valence-corrected chi connectivity index (χ3v) is 2.72. The minimum Gasteiger partial charge on any atom is -0.369 e. The Balaban J connectivity index is 0. The fraction of sp³-hybridized carbons (Fsp3) is 0.846. The SMILES string of the molecule is CCCCCNC(=NCC(C)(C)C(N)=O)NCC.I. The second-order valence-electron chi connectivity index (χ2n) is 5.08. The summed E-state index contributed by atoms with van der Waals surface area (Å²) in [5, 5.41) is 6.41. The molecule has 0 aliphatic heterocycles. The van der Waals surface area contributed by atoms with Crippen LogP contribution in [-0.2, 0) is 4.79 Å². The third kappa shape index (κ3) is 9.98. The second-order valence-corrected chi connectivity index (χ2v) is 5.08. The number of aliphatic imine (C=N–C) groups is 1. The molecule has 0 saturated carbocycles. The first-order valence-corrected chi connectivity index (χ1v) is 6.76. The second kappa shape index (κ2) is 11.3. The van der Waals surface area contributed by atoms with Crippen molar-refractivity contribution in [2.24, 2.45) is 16.1 Å². The van der Waals surface area contributed by atoms with Crippen molar-refractivity contribution >= 4 is 35.8 Å². The molecule has 0 rings (SSSR count). The lowest BCUT2D eigenvalue weighted by Gasteiger charge is -2.19. The monoisotopic (exact) mass is 384 g/mol. The molecule has 6 heteroatoms. The van der Waals surface area contributed by atoms with Gasteiger partial charge >= 0.3 is 0 Å². The summed E-state index contributed by atoms with van der Waals surface area (Å²) in [5.74, 6) is 0.427. The van der Waals surface area contributed by atoms with Crippen LogP contribution < -0.4 is 16.4 Å². The van der Waals surface area contributed by atoms with Crippen molar-refractivity contribution in [3.05, 3.63) is 0 Å². The summed E-state index contributed by atoms with van der Waals surface area (Å²) >= 11 is 0. The Kier molecular flexibility index (Phi) is 12.4. The summed E-state index contributed by atoms with van der Waals surface area (Å²) in [6.07, 6.45) is 3.53. The van der Waals surface area contributed by atoms with Crippen molar-refractivity contribution in [2.45, 2.75) is 47.0 Å². The molecule has 0 aromatic carbocycles. The van der Waals surface area contributed by atoms with E-state index in [1.807, 2.05) is 6.92 Å². The molecule has 5 nitrogen and oxygen atoms in total. The van der Waals surface area contributed by atoms with Crippen LogP contribution in [0.5, 0.6) is 0 Å². The van der Waals surface area contributed by atoms with Crippen LogP contribution in [0.2, 0.25) is 0 Å². The molecule has 0 fully saturated rings. The average molecular weight is 384 g/mol. The number of nitrogens with one attached hydrogen (secondary N) is 2. The first kappa shape index (κ1) is 20.8. The van der Waals surface area contributed by atoms with Crippen molar-refractivity contribution in [2.75, 3.05) is 19.6 Å². The van der Waals surface area contributed by atoms with Crippen molar-refractivity contribution in [1.82, 2.24) is 10.6 Å². The highest BCUT2D eigenvalue weighted by molar-refractivity contribution is 14.0. The van der Waals surface area contributed by atoms with E-state index in [1.54, 1.807) is 13.8 Å². The number of primary amides is 1. The van der Waals surface area contributed by atoms with E-state index in [2.05, 4.69) is 22.5 Å². The van der Waals surface area contributed by atoms with Gasteiger partial charge in [0.05, 0.1) is 12.0 Å². The summed E-state index contributed by atoms with van der Waals surface area (Å²) < 4.78 is 0. The highest BCUT2D eigenvalue weighted by atomic mass is 127. The maximum absolute atomic E-state index is 11.2. The van der Waals surface area contributed by atoms with Crippen molar-refractivity contribution < 1.29 is 4.79 Å². The van der Waals surface area contributed by atoms with E-state index in [4.69, 9.17) is 5.73 Å². The van der Waals surface area contributed by atoms with E-state index >= 15 is 0 Å². The molecule has 0 saturated heterocycles. The molecule has 114 valence electrons. The minimum atomic E-state index is -0.605. The smallest absolute Gasteiger partial charge is 0.224 e. The van der Waals surface area contributed by atoms with Gasteiger partial charge in [-0.3, -0.25) is 9.79 Å². The van der Waals surface area contributed by atoms with Gasteiger partial charge in [0.15, 0.2) is 5.96 Å². The molecular formula is C13H29IN4O. The van der Waals surface area contributed by atoms with Gasteiger partial charge in [-0.2, -0.15) is 0 Å². The van der Waals surface area contributed by atoms with Crippen LogP contribution in [0.4, 0.5) is 0 Å². The van der Waals surface area contributed by atoms with Crippen LogP contribution in [0.25, 0.3) is 0 Å². The Bertz CT molecular complexity index is 280. The van der Waals surface area contributed by atoms with E-state index in [0.717, 1.165) is 25.5 Å². The number of carbonyl (C=O) groups is 1. The zero-order valence-electron chi connectivity index (χ0n) is 12.6. The first-order chi connectivity index (χ1) is 8.44. The maximum atomic E-state index is 11.2. The Morgan fingerprint density at radius 3 is 2.32 bits per heavy atom. The van der Waals surface area contributed by atoms with Gasteiger partial charge in [-0.25, -0.2) is 0 Å². The number of halogens is 1. The van der Waals surface area contributed by atoms with Gasteiger partial charge in [-0.1, -0.05) is 19.8 Å². The largest absolute Gasteiger partial charge is 0.369 e. The first-order valence-electron chi connectivity index (χ1n) is 6.76. The Hall–Kier alpha value is -0.530. The summed E-state index contributed by atoms with van der Waals surface area (Å²) in [6, 6.07) is 0. The highest BCUT2D eigenvalue weighted by Gasteiger charge is 2.24. The molecule has 4 N–H and O–H groups in total. The molecule has 0 bridgehead atoms. The molecule has 0 aliphatic carbocycles. The summed E-state index contributed by atoms with van der Waals surface area (Å²) in [6.45, 7) is 9.90. The van der Waals surface area contributed by atoms with E-state index in [1.165, 1.54) is 12.8 Å². The lowest BCUT2D eigenvalue weighted by Crippen LogP contribution is -2.40. The van der Waals surface area contributed by atoms with E-state index in [9.17, 15) is 4.79 Å². The lowest BCUT2D eigenvalue weighted by molar-refractivity contribution is -0.125. The highest BCUT2D eigenvalue weighted by Crippen LogP contribution is 2.13. The number of unbranched alkanes of at least 4 members (excludes halogenated alkanes) is 2. The Labute approximate surface area is 134 Å². The quantitative estimate of drug-likeness (QED) is 0.259. The number of guanidine groups is 1. The molecule has 0 aliphatic rings. The van der Waals surface area contributed by atoms with Crippen LogP contribution in [0.15, 0.2) is 4.99 Å². The molecule has 19 heavy (non-hydrogen) atoms. The number of nitrogens with two attached hydrogens (primary N) is 1. The molecule has 0 unspecified atom stereocenters. The summed E-state index contributed by atoms with van der Waals surface area (Å²) in [5.41, 5.74) is 4.72. The number of hydrogen-bond acceptors (Lipinski definition) is 2. The molecule has 0 radical (unpaired) electrons. The Morgan fingerprint density at radius 2 is 1.84 bits per heavy atom. The zero-order chi connectivity index (χ0) is 14.0. The van der Waals surface area contributed by atoms with Gasteiger partial charge < -0.3 is 16.4 Å². The van der Waals surface area contributed by atoms with Gasteiger partial charge in [0.2, 0.25) is 5.91 Å². The standard InChI is InChI=1S/C13H28N4O.HI/c1-5-7-8-9-16-12(15-6-2)17-10-13(3,4)11(14)18;/h5-10H2,1-4H3,(H2,14,18)(H2,15,16,17);1H. The molecule has 0 aromatic rings. The normalized spacial score (nSPS) is 11.7. The Morgan fingerprint density at radius 1 is 1.21 bits per heavy atom. The predicted octanol–water partition coefficient (Wildman–Crippen LogP) is 1.86. The van der Waals surface area contributed by atoms with Crippen molar-refractivity contribution in [3.63, 3.8) is 0 Å². The molecule has 0 spiro atoms. The topological polar surface area (TPSA) is 79.5 Å². The van der Waals surface area contributed by atoms with Gasteiger partial charge in [-0.05, 0) is 27.2 Å². The number of amides is 1. The molecule has 1 amide bonds. The molecule has 0 heterocycles. The minimum absolute atomic E-state index is 0. The summed E-state index contributed by atoms with van der Waals surface area (Å²) in [4.78, 5) is 15.6. The third-order valence-electron chi connectivity index (χ3n) is 2.72. The molecule has 0 aromatic heterocycles. The molecular weight excluding hydrogens is 355 g/mol. The number of nitrogens with zero attached hydrogens (tertiary/aromatic N) is 1. The summed E-state index contributed by atoms with van der Waals surface area (Å²) in [7, 11) is 0. The maximum Gasteiger partial charge on any atom is 0.224 e. The number of carbonyl (C=O) groups excluding carboxylic acids is 1. The van der Waals surface area contributed by atoms with E-state index in [0.29, 0.717) is 6.54 Å².